The van der Waals surface area contributed by atoms with Gasteiger partial charge in [-0.25, -0.2) is 0 Å². The Balaban J connectivity index is 0.00000240. The first-order valence-corrected chi connectivity index (χ1v) is 11.4. The van der Waals surface area contributed by atoms with Crippen molar-refractivity contribution in [2.45, 2.75) is 70.4 Å². The van der Waals surface area contributed by atoms with Crippen LogP contribution < -0.4 is 15.4 Å². The molecule has 1 aliphatic carbocycles. The topological polar surface area (TPSA) is 48.9 Å². The van der Waals surface area contributed by atoms with Gasteiger partial charge in [0, 0.05) is 44.7 Å². The Morgan fingerprint density at radius 3 is 2.72 bits per heavy atom. The summed E-state index contributed by atoms with van der Waals surface area (Å²) in [7, 11) is 0. The van der Waals surface area contributed by atoms with Crippen LogP contribution in [0.4, 0.5) is 0 Å². The first kappa shape index (κ1) is 22.7. The average molecular weight is 512 g/mol. The van der Waals surface area contributed by atoms with E-state index in [-0.39, 0.29) is 24.0 Å². The maximum Gasteiger partial charge on any atom is 0.191 e. The van der Waals surface area contributed by atoms with Crippen LogP contribution in [0.25, 0.3) is 0 Å². The van der Waals surface area contributed by atoms with E-state index in [0.29, 0.717) is 6.04 Å². The number of nitrogens with one attached hydrogen (secondary N) is 2. The maximum atomic E-state index is 5.60. The minimum atomic E-state index is 0. The van der Waals surface area contributed by atoms with Crippen molar-refractivity contribution in [2.24, 2.45) is 4.99 Å². The van der Waals surface area contributed by atoms with Gasteiger partial charge in [0.2, 0.25) is 0 Å². The second-order valence-electron chi connectivity index (χ2n) is 8.44. The first-order valence-electron chi connectivity index (χ1n) is 11.4. The molecule has 0 atom stereocenters. The molecule has 29 heavy (non-hydrogen) atoms. The van der Waals surface area contributed by atoms with Crippen LogP contribution in [0.15, 0.2) is 23.2 Å². The lowest BCUT2D eigenvalue weighted by Crippen LogP contribution is -2.50. The lowest BCUT2D eigenvalue weighted by atomic mass is 10.0. The van der Waals surface area contributed by atoms with Gasteiger partial charge in [0.05, 0.1) is 6.61 Å². The molecule has 1 aromatic rings. The number of hydrogen-bond donors (Lipinski definition) is 2. The van der Waals surface area contributed by atoms with Gasteiger partial charge in [0.1, 0.15) is 5.75 Å². The Bertz CT molecular complexity index is 667. The summed E-state index contributed by atoms with van der Waals surface area (Å²) >= 11 is 0. The number of ether oxygens (including phenoxy) is 1. The molecule has 0 unspecified atom stereocenters. The van der Waals surface area contributed by atoms with E-state index in [0.717, 1.165) is 50.3 Å². The van der Waals surface area contributed by atoms with Crippen molar-refractivity contribution in [2.75, 3.05) is 32.8 Å². The Labute approximate surface area is 193 Å². The summed E-state index contributed by atoms with van der Waals surface area (Å²) in [6.07, 6.45) is 10.2. The van der Waals surface area contributed by atoms with Crippen molar-refractivity contribution >= 4 is 29.9 Å². The SMILES string of the molecule is CCNC(=NCCc1ccc2c(c1)CCO2)NC1CCN(C2CCCC2)CC1.I. The molecular weight excluding hydrogens is 475 g/mol. The molecular formula is C23H37IN4O. The van der Waals surface area contributed by atoms with Gasteiger partial charge in [0.25, 0.3) is 0 Å². The third kappa shape index (κ3) is 6.23. The van der Waals surface area contributed by atoms with E-state index < -0.39 is 0 Å². The molecule has 2 heterocycles. The van der Waals surface area contributed by atoms with Crippen LogP contribution in [0.2, 0.25) is 0 Å². The van der Waals surface area contributed by atoms with Crippen LogP contribution >= 0.6 is 24.0 Å². The molecule has 1 aromatic carbocycles. The number of aliphatic imine (C=N–C) groups is 1. The summed E-state index contributed by atoms with van der Waals surface area (Å²) in [5.74, 6) is 2.04. The molecule has 0 radical (unpaired) electrons. The van der Waals surface area contributed by atoms with Crippen molar-refractivity contribution in [1.82, 2.24) is 15.5 Å². The molecule has 2 N–H and O–H groups in total. The Morgan fingerprint density at radius 2 is 1.97 bits per heavy atom. The summed E-state index contributed by atoms with van der Waals surface area (Å²) < 4.78 is 5.60. The molecule has 1 saturated heterocycles. The van der Waals surface area contributed by atoms with Crippen molar-refractivity contribution in [3.8, 4) is 5.75 Å². The zero-order valence-corrected chi connectivity index (χ0v) is 20.1. The van der Waals surface area contributed by atoms with Gasteiger partial charge in [-0.2, -0.15) is 0 Å². The predicted octanol–water partition coefficient (Wildman–Crippen LogP) is 3.74. The number of nitrogens with zero attached hydrogens (tertiary/aromatic N) is 2. The zero-order valence-electron chi connectivity index (χ0n) is 17.8. The number of likely N-dealkylation sites (tertiary alicyclic amines) is 1. The van der Waals surface area contributed by atoms with Crippen molar-refractivity contribution in [3.63, 3.8) is 0 Å². The van der Waals surface area contributed by atoms with E-state index >= 15 is 0 Å². The van der Waals surface area contributed by atoms with Crippen LogP contribution in [0.5, 0.6) is 5.75 Å². The monoisotopic (exact) mass is 512 g/mol. The number of benzene rings is 1. The lowest BCUT2D eigenvalue weighted by Gasteiger charge is -2.36. The van der Waals surface area contributed by atoms with Gasteiger partial charge in [-0.15, -0.1) is 24.0 Å². The van der Waals surface area contributed by atoms with E-state index in [1.807, 2.05) is 0 Å². The van der Waals surface area contributed by atoms with E-state index in [1.54, 1.807) is 0 Å². The maximum absolute atomic E-state index is 5.60. The predicted molar refractivity (Wildman–Crippen MR) is 131 cm³/mol. The second-order valence-corrected chi connectivity index (χ2v) is 8.44. The highest BCUT2D eigenvalue weighted by molar-refractivity contribution is 14.0. The van der Waals surface area contributed by atoms with Crippen molar-refractivity contribution in [3.05, 3.63) is 29.3 Å². The van der Waals surface area contributed by atoms with Gasteiger partial charge < -0.3 is 20.3 Å². The molecule has 1 saturated carbocycles. The minimum Gasteiger partial charge on any atom is -0.493 e. The second kappa shape index (κ2) is 11.4. The third-order valence-corrected chi connectivity index (χ3v) is 6.48. The molecule has 0 aromatic heterocycles. The van der Waals surface area contributed by atoms with Gasteiger partial charge in [-0.1, -0.05) is 25.0 Å². The smallest absolute Gasteiger partial charge is 0.191 e. The van der Waals surface area contributed by atoms with E-state index in [9.17, 15) is 0 Å². The quantitative estimate of drug-likeness (QED) is 0.347. The Hall–Kier alpha value is -1.02. The van der Waals surface area contributed by atoms with Crippen molar-refractivity contribution < 1.29 is 4.74 Å². The summed E-state index contributed by atoms with van der Waals surface area (Å²) in [5.41, 5.74) is 2.70. The highest BCUT2D eigenvalue weighted by Gasteiger charge is 2.27. The molecule has 2 fully saturated rings. The van der Waals surface area contributed by atoms with Gasteiger partial charge >= 0.3 is 0 Å². The van der Waals surface area contributed by atoms with E-state index in [1.165, 1.54) is 62.7 Å². The zero-order chi connectivity index (χ0) is 19.2. The third-order valence-electron chi connectivity index (χ3n) is 6.48. The number of fused-ring (bicyclic) bond motifs is 1. The molecule has 4 rings (SSSR count). The number of halogens is 1. The van der Waals surface area contributed by atoms with Crippen LogP contribution in [0.3, 0.4) is 0 Å². The molecule has 2 aliphatic heterocycles. The normalized spacial score (nSPS) is 20.8. The van der Waals surface area contributed by atoms with Gasteiger partial charge in [0.15, 0.2) is 5.96 Å². The van der Waals surface area contributed by atoms with E-state index in [4.69, 9.17) is 9.73 Å². The summed E-state index contributed by atoms with van der Waals surface area (Å²) in [6, 6.07) is 7.99. The molecule has 0 bridgehead atoms. The molecule has 5 nitrogen and oxygen atoms in total. The average Bonchev–Trinajstić information content (AvgIpc) is 3.40. The fraction of sp³-hybridized carbons (Fsp3) is 0.696. The number of hydrogen-bond acceptors (Lipinski definition) is 3. The summed E-state index contributed by atoms with van der Waals surface area (Å²) in [4.78, 5) is 7.57. The number of guanidine groups is 1. The molecule has 0 amide bonds. The van der Waals surface area contributed by atoms with Gasteiger partial charge in [-0.05, 0) is 56.2 Å². The number of rotatable bonds is 6. The van der Waals surface area contributed by atoms with Crippen LogP contribution in [0, 0.1) is 0 Å². The molecule has 6 heteroatoms. The molecule has 3 aliphatic rings. The van der Waals surface area contributed by atoms with Crippen molar-refractivity contribution in [1.29, 1.82) is 0 Å². The van der Waals surface area contributed by atoms with Crippen LogP contribution in [0.1, 0.15) is 56.6 Å². The number of piperidine rings is 1. The fourth-order valence-corrected chi connectivity index (χ4v) is 4.88. The Kier molecular flexibility index (Phi) is 8.90. The molecule has 162 valence electrons. The highest BCUT2D eigenvalue weighted by Crippen LogP contribution is 2.27. The largest absolute Gasteiger partial charge is 0.493 e. The highest BCUT2D eigenvalue weighted by atomic mass is 127. The molecule has 0 spiro atoms. The van der Waals surface area contributed by atoms with E-state index in [2.05, 4.69) is 40.7 Å². The first-order chi connectivity index (χ1) is 13.8. The van der Waals surface area contributed by atoms with Crippen LogP contribution in [-0.4, -0.2) is 55.7 Å². The summed E-state index contributed by atoms with van der Waals surface area (Å²) in [5, 5.41) is 7.12. The fourth-order valence-electron chi connectivity index (χ4n) is 4.88. The minimum absolute atomic E-state index is 0. The Morgan fingerprint density at radius 1 is 1.17 bits per heavy atom. The summed E-state index contributed by atoms with van der Waals surface area (Å²) in [6.45, 7) is 7.15. The lowest BCUT2D eigenvalue weighted by molar-refractivity contribution is 0.150. The van der Waals surface area contributed by atoms with Crippen LogP contribution in [-0.2, 0) is 12.8 Å². The standard InChI is InChI=1S/C23H36N4O.HI/c1-2-24-23(25-13-9-18-7-8-22-19(17-18)12-16-28-22)26-20-10-14-27(15-11-20)21-5-3-4-6-21;/h7-8,17,20-21H,2-6,9-16H2,1H3,(H2,24,25,26);1H. The van der Waals surface area contributed by atoms with Gasteiger partial charge in [-0.3, -0.25) is 4.99 Å².